The van der Waals surface area contributed by atoms with Gasteiger partial charge in [0, 0.05) is 18.2 Å². The van der Waals surface area contributed by atoms with Gasteiger partial charge in [-0.2, -0.15) is 0 Å². The molecule has 1 unspecified atom stereocenters. The standard InChI is InChI=1S/C24H24FNO3/c1-16(19-9-10-22(23(25)13-19)18-7-5-4-6-8-18)24(27)26-15-17-11-20(28-2)14-21(12-17)29-3/h4-14,16H,15H2,1-3H3,(H,26,27). The topological polar surface area (TPSA) is 47.6 Å². The summed E-state index contributed by atoms with van der Waals surface area (Å²) in [6, 6.07) is 19.7. The second-order valence-corrected chi connectivity index (χ2v) is 6.77. The fourth-order valence-electron chi connectivity index (χ4n) is 3.11. The summed E-state index contributed by atoms with van der Waals surface area (Å²) in [6.45, 7) is 2.08. The predicted octanol–water partition coefficient (Wildman–Crippen LogP) is 4.93. The minimum absolute atomic E-state index is 0.182. The lowest BCUT2D eigenvalue weighted by atomic mass is 9.96. The van der Waals surface area contributed by atoms with Gasteiger partial charge in [0.2, 0.25) is 5.91 Å². The number of carbonyl (C=O) groups excluding carboxylic acids is 1. The van der Waals surface area contributed by atoms with Crippen LogP contribution in [0.15, 0.2) is 66.7 Å². The quantitative estimate of drug-likeness (QED) is 0.619. The Kier molecular flexibility index (Phi) is 6.50. The third-order valence-corrected chi connectivity index (χ3v) is 4.85. The van der Waals surface area contributed by atoms with Gasteiger partial charge < -0.3 is 14.8 Å². The first-order chi connectivity index (χ1) is 14.0. The van der Waals surface area contributed by atoms with E-state index in [0.717, 1.165) is 11.1 Å². The van der Waals surface area contributed by atoms with Crippen LogP contribution in [-0.4, -0.2) is 20.1 Å². The fraction of sp³-hybridized carbons (Fsp3) is 0.208. The van der Waals surface area contributed by atoms with E-state index in [1.165, 1.54) is 6.07 Å². The van der Waals surface area contributed by atoms with Gasteiger partial charge in [0.05, 0.1) is 20.1 Å². The molecule has 0 saturated heterocycles. The Balaban J connectivity index is 1.70. The van der Waals surface area contributed by atoms with Crippen LogP contribution < -0.4 is 14.8 Å². The van der Waals surface area contributed by atoms with Crippen LogP contribution in [0.5, 0.6) is 11.5 Å². The molecule has 5 heteroatoms. The highest BCUT2D eigenvalue weighted by molar-refractivity contribution is 5.83. The van der Waals surface area contributed by atoms with Gasteiger partial charge in [-0.25, -0.2) is 4.39 Å². The molecule has 3 aromatic carbocycles. The molecule has 0 bridgehead atoms. The minimum Gasteiger partial charge on any atom is -0.497 e. The van der Waals surface area contributed by atoms with Gasteiger partial charge in [-0.05, 0) is 41.8 Å². The molecule has 1 N–H and O–H groups in total. The van der Waals surface area contributed by atoms with Gasteiger partial charge in [0.25, 0.3) is 0 Å². The molecule has 4 nitrogen and oxygen atoms in total. The lowest BCUT2D eigenvalue weighted by molar-refractivity contribution is -0.122. The Morgan fingerprint density at radius 3 is 2.21 bits per heavy atom. The monoisotopic (exact) mass is 393 g/mol. The molecule has 0 aromatic heterocycles. The highest BCUT2D eigenvalue weighted by atomic mass is 19.1. The summed E-state index contributed by atoms with van der Waals surface area (Å²) in [5.74, 6) is 0.298. The number of halogens is 1. The summed E-state index contributed by atoms with van der Waals surface area (Å²) in [4.78, 5) is 12.6. The predicted molar refractivity (Wildman–Crippen MR) is 112 cm³/mol. The van der Waals surface area contributed by atoms with E-state index >= 15 is 0 Å². The molecule has 0 spiro atoms. The zero-order chi connectivity index (χ0) is 20.8. The van der Waals surface area contributed by atoms with Crippen molar-refractivity contribution in [1.29, 1.82) is 0 Å². The van der Waals surface area contributed by atoms with Crippen LogP contribution in [0.2, 0.25) is 0 Å². The summed E-state index contributed by atoms with van der Waals surface area (Å²) in [5.41, 5.74) is 2.81. The normalized spacial score (nSPS) is 11.6. The summed E-state index contributed by atoms with van der Waals surface area (Å²) in [6.07, 6.45) is 0. The number of rotatable bonds is 7. The van der Waals surface area contributed by atoms with Crippen molar-refractivity contribution in [3.05, 3.63) is 83.7 Å². The molecule has 0 aliphatic rings. The third-order valence-electron chi connectivity index (χ3n) is 4.85. The number of methoxy groups -OCH3 is 2. The lowest BCUT2D eigenvalue weighted by Crippen LogP contribution is -2.27. The summed E-state index contributed by atoms with van der Waals surface area (Å²) in [7, 11) is 3.15. The van der Waals surface area contributed by atoms with Crippen molar-refractivity contribution in [3.63, 3.8) is 0 Å². The largest absolute Gasteiger partial charge is 0.497 e. The van der Waals surface area contributed by atoms with Crippen LogP contribution in [0.1, 0.15) is 24.0 Å². The number of amides is 1. The van der Waals surface area contributed by atoms with E-state index in [2.05, 4.69) is 5.32 Å². The number of hydrogen-bond donors (Lipinski definition) is 1. The van der Waals surface area contributed by atoms with Crippen molar-refractivity contribution in [2.45, 2.75) is 19.4 Å². The van der Waals surface area contributed by atoms with E-state index in [4.69, 9.17) is 9.47 Å². The zero-order valence-corrected chi connectivity index (χ0v) is 16.7. The van der Waals surface area contributed by atoms with Gasteiger partial charge in [-0.3, -0.25) is 4.79 Å². The van der Waals surface area contributed by atoms with Gasteiger partial charge in [0.1, 0.15) is 17.3 Å². The van der Waals surface area contributed by atoms with Crippen LogP contribution in [0.3, 0.4) is 0 Å². The van der Waals surface area contributed by atoms with Crippen LogP contribution in [0.4, 0.5) is 4.39 Å². The highest BCUT2D eigenvalue weighted by Crippen LogP contribution is 2.27. The molecule has 3 aromatic rings. The maximum atomic E-state index is 14.6. The molecular formula is C24H24FNO3. The van der Waals surface area contributed by atoms with E-state index in [1.807, 2.05) is 42.5 Å². The molecule has 1 amide bonds. The van der Waals surface area contributed by atoms with Crippen molar-refractivity contribution >= 4 is 5.91 Å². The summed E-state index contributed by atoms with van der Waals surface area (Å²) < 4.78 is 25.1. The molecule has 0 saturated carbocycles. The highest BCUT2D eigenvalue weighted by Gasteiger charge is 2.17. The number of carbonyl (C=O) groups is 1. The smallest absolute Gasteiger partial charge is 0.227 e. The van der Waals surface area contributed by atoms with Crippen molar-refractivity contribution in [1.82, 2.24) is 5.32 Å². The number of benzene rings is 3. The molecule has 3 rings (SSSR count). The summed E-state index contributed by atoms with van der Waals surface area (Å²) >= 11 is 0. The van der Waals surface area contributed by atoms with Crippen LogP contribution in [-0.2, 0) is 11.3 Å². The molecule has 0 heterocycles. The number of nitrogens with one attached hydrogen (secondary N) is 1. The second-order valence-electron chi connectivity index (χ2n) is 6.77. The molecule has 150 valence electrons. The van der Waals surface area contributed by atoms with Crippen LogP contribution >= 0.6 is 0 Å². The second kappa shape index (κ2) is 9.24. The van der Waals surface area contributed by atoms with Crippen molar-refractivity contribution < 1.29 is 18.7 Å². The van der Waals surface area contributed by atoms with Crippen molar-refractivity contribution in [3.8, 4) is 22.6 Å². The van der Waals surface area contributed by atoms with E-state index in [9.17, 15) is 9.18 Å². The van der Waals surface area contributed by atoms with Gasteiger partial charge >= 0.3 is 0 Å². The van der Waals surface area contributed by atoms with Gasteiger partial charge in [-0.1, -0.05) is 42.5 Å². The number of ether oxygens (including phenoxy) is 2. The first kappa shape index (κ1) is 20.4. The van der Waals surface area contributed by atoms with Crippen LogP contribution in [0.25, 0.3) is 11.1 Å². The van der Waals surface area contributed by atoms with Crippen molar-refractivity contribution in [2.24, 2.45) is 0 Å². The van der Waals surface area contributed by atoms with E-state index < -0.39 is 5.92 Å². The SMILES string of the molecule is COc1cc(CNC(=O)C(C)c2ccc(-c3ccccc3)c(F)c2)cc(OC)c1. The first-order valence-corrected chi connectivity index (χ1v) is 9.36. The maximum absolute atomic E-state index is 14.6. The Hall–Kier alpha value is -3.34. The fourth-order valence-corrected chi connectivity index (χ4v) is 3.11. The van der Waals surface area contributed by atoms with E-state index in [-0.39, 0.29) is 11.7 Å². The van der Waals surface area contributed by atoms with E-state index in [0.29, 0.717) is 29.2 Å². The van der Waals surface area contributed by atoms with E-state index in [1.54, 1.807) is 39.3 Å². The molecule has 0 aliphatic heterocycles. The first-order valence-electron chi connectivity index (χ1n) is 9.36. The molecule has 0 aliphatic carbocycles. The van der Waals surface area contributed by atoms with Gasteiger partial charge in [-0.15, -0.1) is 0 Å². The Labute approximate surface area is 170 Å². The van der Waals surface area contributed by atoms with Crippen LogP contribution in [0, 0.1) is 5.82 Å². The summed E-state index contributed by atoms with van der Waals surface area (Å²) in [5, 5.41) is 2.89. The molecule has 29 heavy (non-hydrogen) atoms. The maximum Gasteiger partial charge on any atom is 0.227 e. The third kappa shape index (κ3) is 4.93. The molecule has 1 atom stereocenters. The minimum atomic E-state index is -0.484. The zero-order valence-electron chi connectivity index (χ0n) is 16.7. The Bertz CT molecular complexity index is 966. The lowest BCUT2D eigenvalue weighted by Gasteiger charge is -2.15. The Morgan fingerprint density at radius 1 is 0.966 bits per heavy atom. The average molecular weight is 393 g/mol. The molecular weight excluding hydrogens is 369 g/mol. The van der Waals surface area contributed by atoms with Gasteiger partial charge in [0.15, 0.2) is 0 Å². The number of hydrogen-bond acceptors (Lipinski definition) is 3. The van der Waals surface area contributed by atoms with Crippen molar-refractivity contribution in [2.75, 3.05) is 14.2 Å². The average Bonchev–Trinajstić information content (AvgIpc) is 2.77. The molecule has 0 radical (unpaired) electrons. The Morgan fingerprint density at radius 2 is 1.62 bits per heavy atom. The molecule has 0 fully saturated rings.